The van der Waals surface area contributed by atoms with Gasteiger partial charge in [0.05, 0.1) is 0 Å². The minimum absolute atomic E-state index is 0.359. The normalized spacial score (nSPS) is 13.3. The lowest BCUT2D eigenvalue weighted by atomic mass is 9.83. The van der Waals surface area contributed by atoms with Gasteiger partial charge in [0.25, 0.3) is 0 Å². The molecule has 1 heterocycles. The third kappa shape index (κ3) is 4.53. The first-order valence-electron chi connectivity index (χ1n) is 13.4. The molecule has 5 aromatic rings. The number of rotatable bonds is 8. The third-order valence-corrected chi connectivity index (χ3v) is 7.90. The zero-order chi connectivity index (χ0) is 25.2. The SMILES string of the molecule is CCc1c(CC(C)c2ccccc2N)cc2c(c1CC(C)Cc1ccccc1)c1ccccc1n2C. The van der Waals surface area contributed by atoms with Gasteiger partial charge >= 0.3 is 0 Å². The van der Waals surface area contributed by atoms with Crippen molar-refractivity contribution in [3.8, 4) is 0 Å². The molecule has 5 rings (SSSR count). The highest BCUT2D eigenvalue weighted by atomic mass is 14.9. The molecule has 4 aromatic carbocycles. The van der Waals surface area contributed by atoms with Crippen molar-refractivity contribution < 1.29 is 0 Å². The Bertz CT molecular complexity index is 1490. The number of nitrogens with zero attached hydrogens (tertiary/aromatic N) is 1. The van der Waals surface area contributed by atoms with Crippen molar-refractivity contribution in [1.29, 1.82) is 0 Å². The van der Waals surface area contributed by atoms with Crippen LogP contribution in [0.5, 0.6) is 0 Å². The van der Waals surface area contributed by atoms with E-state index in [1.165, 1.54) is 44.1 Å². The van der Waals surface area contributed by atoms with Gasteiger partial charge in [-0.05, 0) is 83.5 Å². The fourth-order valence-corrected chi connectivity index (χ4v) is 6.18. The summed E-state index contributed by atoms with van der Waals surface area (Å²) in [4.78, 5) is 0. The summed E-state index contributed by atoms with van der Waals surface area (Å²) in [6.07, 6.45) is 4.21. The molecule has 0 radical (unpaired) electrons. The zero-order valence-electron chi connectivity index (χ0n) is 22.1. The summed E-state index contributed by atoms with van der Waals surface area (Å²) >= 11 is 0. The summed E-state index contributed by atoms with van der Waals surface area (Å²) in [7, 11) is 2.22. The summed E-state index contributed by atoms with van der Waals surface area (Å²) in [5, 5.41) is 2.82. The molecule has 2 unspecified atom stereocenters. The van der Waals surface area contributed by atoms with Gasteiger partial charge in [-0.1, -0.05) is 87.5 Å². The summed E-state index contributed by atoms with van der Waals surface area (Å²) in [5.74, 6) is 0.913. The molecule has 2 N–H and O–H groups in total. The molecule has 2 atom stereocenters. The molecule has 0 bridgehead atoms. The number of aromatic nitrogens is 1. The molecule has 0 aliphatic carbocycles. The molecule has 1 aromatic heterocycles. The van der Waals surface area contributed by atoms with Crippen LogP contribution in [0.4, 0.5) is 5.69 Å². The lowest BCUT2D eigenvalue weighted by Crippen LogP contribution is -2.10. The third-order valence-electron chi connectivity index (χ3n) is 7.90. The molecule has 0 saturated heterocycles. The Morgan fingerprint density at radius 3 is 2.19 bits per heavy atom. The number of hydrogen-bond acceptors (Lipinski definition) is 1. The Kier molecular flexibility index (Phi) is 6.87. The molecule has 0 aliphatic rings. The molecular weight excluding hydrogens is 436 g/mol. The molecule has 36 heavy (non-hydrogen) atoms. The molecule has 0 amide bonds. The largest absolute Gasteiger partial charge is 0.398 e. The number of benzene rings is 4. The fraction of sp³-hybridized carbons (Fsp3) is 0.294. The molecule has 0 spiro atoms. The predicted molar refractivity (Wildman–Crippen MR) is 156 cm³/mol. The van der Waals surface area contributed by atoms with Gasteiger partial charge in [0.2, 0.25) is 0 Å². The van der Waals surface area contributed by atoms with Crippen LogP contribution in [0.25, 0.3) is 21.8 Å². The van der Waals surface area contributed by atoms with Crippen molar-refractivity contribution in [2.75, 3.05) is 5.73 Å². The van der Waals surface area contributed by atoms with Gasteiger partial charge in [0.15, 0.2) is 0 Å². The van der Waals surface area contributed by atoms with Crippen LogP contribution < -0.4 is 5.73 Å². The van der Waals surface area contributed by atoms with E-state index in [0.29, 0.717) is 11.8 Å². The Labute approximate surface area is 215 Å². The Hall–Kier alpha value is -3.52. The summed E-state index contributed by atoms with van der Waals surface area (Å²) in [5.41, 5.74) is 17.1. The highest BCUT2D eigenvalue weighted by molar-refractivity contribution is 6.10. The van der Waals surface area contributed by atoms with E-state index in [1.807, 2.05) is 12.1 Å². The van der Waals surface area contributed by atoms with Gasteiger partial charge < -0.3 is 10.3 Å². The van der Waals surface area contributed by atoms with Crippen LogP contribution in [0.1, 0.15) is 54.5 Å². The van der Waals surface area contributed by atoms with Crippen LogP contribution >= 0.6 is 0 Å². The Morgan fingerprint density at radius 1 is 0.750 bits per heavy atom. The van der Waals surface area contributed by atoms with E-state index in [9.17, 15) is 0 Å². The van der Waals surface area contributed by atoms with Gasteiger partial charge in [0.1, 0.15) is 0 Å². The first-order valence-corrected chi connectivity index (χ1v) is 13.4. The average Bonchev–Trinajstić information content (AvgIpc) is 3.16. The van der Waals surface area contributed by atoms with E-state index >= 15 is 0 Å². The highest BCUT2D eigenvalue weighted by Crippen LogP contribution is 2.38. The van der Waals surface area contributed by atoms with Gasteiger partial charge in [-0.15, -0.1) is 0 Å². The van der Waals surface area contributed by atoms with Crippen molar-refractivity contribution in [2.45, 2.75) is 52.4 Å². The molecular formula is C34H38N2. The monoisotopic (exact) mass is 474 g/mol. The number of hydrogen-bond donors (Lipinski definition) is 1. The Morgan fingerprint density at radius 2 is 1.44 bits per heavy atom. The van der Waals surface area contributed by atoms with E-state index < -0.39 is 0 Å². The van der Waals surface area contributed by atoms with E-state index in [-0.39, 0.29) is 0 Å². The molecule has 0 aliphatic heterocycles. The maximum atomic E-state index is 6.38. The van der Waals surface area contributed by atoms with Crippen LogP contribution in [-0.4, -0.2) is 4.57 Å². The zero-order valence-corrected chi connectivity index (χ0v) is 22.1. The van der Waals surface area contributed by atoms with E-state index in [0.717, 1.165) is 31.4 Å². The Balaban J connectivity index is 1.64. The van der Waals surface area contributed by atoms with E-state index in [4.69, 9.17) is 5.73 Å². The molecule has 2 heteroatoms. The van der Waals surface area contributed by atoms with Crippen LogP contribution in [0, 0.1) is 5.92 Å². The minimum Gasteiger partial charge on any atom is -0.398 e. The number of anilines is 1. The summed E-state index contributed by atoms with van der Waals surface area (Å²) < 4.78 is 2.39. The van der Waals surface area contributed by atoms with E-state index in [2.05, 4.69) is 105 Å². The average molecular weight is 475 g/mol. The number of para-hydroxylation sites is 2. The van der Waals surface area contributed by atoms with Crippen LogP contribution in [0.3, 0.4) is 0 Å². The quantitative estimate of drug-likeness (QED) is 0.226. The van der Waals surface area contributed by atoms with Crippen molar-refractivity contribution in [3.63, 3.8) is 0 Å². The lowest BCUT2D eigenvalue weighted by Gasteiger charge is -2.22. The number of nitrogen functional groups attached to an aromatic ring is 1. The molecule has 0 saturated carbocycles. The second-order valence-corrected chi connectivity index (χ2v) is 10.5. The number of fused-ring (bicyclic) bond motifs is 3. The van der Waals surface area contributed by atoms with Gasteiger partial charge in [-0.25, -0.2) is 0 Å². The van der Waals surface area contributed by atoms with Crippen molar-refractivity contribution in [3.05, 3.63) is 113 Å². The second kappa shape index (κ2) is 10.2. The van der Waals surface area contributed by atoms with Crippen molar-refractivity contribution >= 4 is 27.5 Å². The fourth-order valence-electron chi connectivity index (χ4n) is 6.18. The molecule has 0 fully saturated rings. The molecule has 184 valence electrons. The summed E-state index contributed by atoms with van der Waals surface area (Å²) in [6.45, 7) is 7.04. The van der Waals surface area contributed by atoms with Crippen LogP contribution in [-0.2, 0) is 32.7 Å². The highest BCUT2D eigenvalue weighted by Gasteiger charge is 2.21. The van der Waals surface area contributed by atoms with Crippen LogP contribution in [0.15, 0.2) is 84.9 Å². The first kappa shape index (κ1) is 24.2. The maximum absolute atomic E-state index is 6.38. The smallest absolute Gasteiger partial charge is 0.0494 e. The number of aryl methyl sites for hydroxylation is 1. The molecule has 2 nitrogen and oxygen atoms in total. The van der Waals surface area contributed by atoms with Gasteiger partial charge in [-0.2, -0.15) is 0 Å². The van der Waals surface area contributed by atoms with Crippen LogP contribution in [0.2, 0.25) is 0 Å². The van der Waals surface area contributed by atoms with Crippen molar-refractivity contribution in [1.82, 2.24) is 4.57 Å². The van der Waals surface area contributed by atoms with E-state index in [1.54, 1.807) is 5.56 Å². The minimum atomic E-state index is 0.359. The number of nitrogens with two attached hydrogens (primary N) is 1. The van der Waals surface area contributed by atoms with Gasteiger partial charge in [0, 0.05) is 34.5 Å². The topological polar surface area (TPSA) is 30.9 Å². The van der Waals surface area contributed by atoms with Gasteiger partial charge in [-0.3, -0.25) is 0 Å². The predicted octanol–water partition coefficient (Wildman–Crippen LogP) is 8.24. The summed E-state index contributed by atoms with van der Waals surface area (Å²) in [6, 6.07) is 30.6. The lowest BCUT2D eigenvalue weighted by molar-refractivity contribution is 0.576. The second-order valence-electron chi connectivity index (χ2n) is 10.5. The van der Waals surface area contributed by atoms with Crippen molar-refractivity contribution in [2.24, 2.45) is 13.0 Å². The first-order chi connectivity index (χ1) is 17.5. The standard InChI is InChI=1S/C34H38N2/c1-5-27-26(21-24(3)28-15-9-11-17-31(28)35)22-33-34(29-16-10-12-18-32(29)36(33)4)30(27)20-23(2)19-25-13-7-6-8-14-25/h6-18,22-24H,5,19-21,35H2,1-4H3. The maximum Gasteiger partial charge on any atom is 0.0494 e.